The van der Waals surface area contributed by atoms with Gasteiger partial charge in [-0.3, -0.25) is 23.7 Å². The molecule has 2 aromatic carbocycles. The highest BCUT2D eigenvalue weighted by atomic mass is 35.5. The number of imidazole rings is 1. The van der Waals surface area contributed by atoms with Crippen molar-refractivity contribution in [3.05, 3.63) is 77.7 Å². The number of phosphoric acid groups is 1. The molecule has 1 amide bonds. The van der Waals surface area contributed by atoms with Crippen molar-refractivity contribution < 1.29 is 57.0 Å². The topological polar surface area (TPSA) is 241 Å². The molecule has 6 rings (SSSR count). The van der Waals surface area contributed by atoms with E-state index < -0.39 is 46.0 Å². The number of benzene rings is 2. The molecule has 19 nitrogen and oxygen atoms in total. The summed E-state index contributed by atoms with van der Waals surface area (Å²) in [5.41, 5.74) is 1.49. The number of rotatable bonds is 12. The van der Waals surface area contributed by atoms with Crippen molar-refractivity contribution in [1.29, 1.82) is 0 Å². The van der Waals surface area contributed by atoms with Gasteiger partial charge in [0, 0.05) is 62.1 Å². The summed E-state index contributed by atoms with van der Waals surface area (Å²) in [6.45, 7) is 0.938. The van der Waals surface area contributed by atoms with Crippen molar-refractivity contribution in [2.75, 3.05) is 38.2 Å². The number of aromatic nitrogens is 5. The maximum absolute atomic E-state index is 13.5. The zero-order chi connectivity index (χ0) is 37.9. The standard InChI is InChI=1S/C31H32ClN7O12P2/c1-48-26-16-21(4-6-24(26)32)36-11-13-37(14-12-36)27(40)17-39-29-23(3-2-8-33-29)28(35-39)30-34-9-10-38(30)19-50-31(41)49-18-20-15-22(52(42,43)44)5-7-25(20)51-53(45,46)47/h2-10,15-16H,11-14,17-19H2,1H3,(H2,42,43,44)(H2,45,46,47). The third-order valence-corrected chi connectivity index (χ3v) is 9.81. The van der Waals surface area contributed by atoms with E-state index in [9.17, 15) is 38.3 Å². The summed E-state index contributed by atoms with van der Waals surface area (Å²) >= 11 is 6.17. The third kappa shape index (κ3) is 8.97. The van der Waals surface area contributed by atoms with Gasteiger partial charge in [0.2, 0.25) is 5.91 Å². The Balaban J connectivity index is 1.11. The van der Waals surface area contributed by atoms with Gasteiger partial charge in [0.25, 0.3) is 0 Å². The van der Waals surface area contributed by atoms with Crippen molar-refractivity contribution in [2.24, 2.45) is 0 Å². The van der Waals surface area contributed by atoms with Crippen molar-refractivity contribution in [3.8, 4) is 23.0 Å². The lowest BCUT2D eigenvalue weighted by Gasteiger charge is -2.36. The summed E-state index contributed by atoms with van der Waals surface area (Å²) in [6.07, 6.45) is 3.31. The molecule has 280 valence electrons. The third-order valence-electron chi connectivity index (χ3n) is 8.12. The minimum Gasteiger partial charge on any atom is -0.495 e. The molecule has 0 bridgehead atoms. The number of piperazine rings is 1. The fraction of sp³-hybridized carbons (Fsp3) is 0.258. The van der Waals surface area contributed by atoms with Crippen molar-refractivity contribution in [2.45, 2.75) is 19.9 Å². The summed E-state index contributed by atoms with van der Waals surface area (Å²) in [5, 5.41) is 5.26. The molecule has 53 heavy (non-hydrogen) atoms. The average Bonchev–Trinajstić information content (AvgIpc) is 3.74. The lowest BCUT2D eigenvalue weighted by Crippen LogP contribution is -2.49. The number of nitrogens with zero attached hydrogens (tertiary/aromatic N) is 7. The number of ether oxygens (including phenoxy) is 3. The molecule has 22 heteroatoms. The highest BCUT2D eigenvalue weighted by molar-refractivity contribution is 7.60. The van der Waals surface area contributed by atoms with Crippen LogP contribution in [0.2, 0.25) is 5.02 Å². The Morgan fingerprint density at radius 2 is 1.70 bits per heavy atom. The monoisotopic (exact) mass is 791 g/mol. The van der Waals surface area contributed by atoms with Gasteiger partial charge >= 0.3 is 21.6 Å². The first-order valence-electron chi connectivity index (χ1n) is 15.6. The number of carbonyl (C=O) groups excluding carboxylic acids is 2. The van der Waals surface area contributed by atoms with Crippen molar-refractivity contribution in [3.63, 3.8) is 0 Å². The molecule has 1 fully saturated rings. The van der Waals surface area contributed by atoms with Gasteiger partial charge in [0.05, 0.1) is 22.8 Å². The van der Waals surface area contributed by atoms with E-state index in [1.807, 2.05) is 12.1 Å². The van der Waals surface area contributed by atoms with E-state index >= 15 is 0 Å². The van der Waals surface area contributed by atoms with Crippen LogP contribution in [-0.4, -0.2) is 94.1 Å². The van der Waals surface area contributed by atoms with Crippen LogP contribution in [0.25, 0.3) is 22.6 Å². The van der Waals surface area contributed by atoms with Crippen LogP contribution in [0.15, 0.2) is 67.1 Å². The number of methoxy groups -OCH3 is 1. The number of carbonyl (C=O) groups is 2. The number of hydrogen-bond donors (Lipinski definition) is 4. The molecule has 5 aromatic rings. The zero-order valence-electron chi connectivity index (χ0n) is 27.8. The molecule has 0 spiro atoms. The lowest BCUT2D eigenvalue weighted by atomic mass is 10.2. The fourth-order valence-electron chi connectivity index (χ4n) is 5.58. The quantitative estimate of drug-likeness (QED) is 0.105. The smallest absolute Gasteiger partial charge is 0.495 e. The van der Waals surface area contributed by atoms with Crippen LogP contribution >= 0.6 is 27.0 Å². The molecule has 4 heterocycles. The highest BCUT2D eigenvalue weighted by Gasteiger charge is 2.26. The van der Waals surface area contributed by atoms with E-state index in [-0.39, 0.29) is 23.8 Å². The Labute approximate surface area is 305 Å². The Morgan fingerprint density at radius 3 is 2.42 bits per heavy atom. The molecule has 4 N–H and O–H groups in total. The van der Waals surface area contributed by atoms with Gasteiger partial charge in [-0.05, 0) is 42.5 Å². The molecular formula is C31H32ClN7O12P2. The number of phosphoric ester groups is 1. The number of halogens is 1. The SMILES string of the molecule is COc1cc(N2CCN(C(=O)Cn3nc(-c4nccn4COC(=O)OCc4cc(P(=O)(O)O)ccc4OP(=O)(O)O)c4cccnc43)CC2)ccc1Cl. The molecule has 0 saturated carbocycles. The number of fused-ring (bicyclic) bond motifs is 1. The number of pyridine rings is 1. The maximum atomic E-state index is 13.5. The molecule has 0 unspecified atom stereocenters. The summed E-state index contributed by atoms with van der Waals surface area (Å²) < 4.78 is 46.2. The molecule has 1 aliphatic rings. The van der Waals surface area contributed by atoms with Crippen LogP contribution in [0.5, 0.6) is 11.5 Å². The van der Waals surface area contributed by atoms with E-state index in [0.717, 1.165) is 23.9 Å². The Morgan fingerprint density at radius 1 is 0.925 bits per heavy atom. The average molecular weight is 792 g/mol. The Hall–Kier alpha value is -5.00. The molecule has 0 radical (unpaired) electrons. The molecule has 1 aliphatic heterocycles. The van der Waals surface area contributed by atoms with Crippen LogP contribution in [0.3, 0.4) is 0 Å². The first-order chi connectivity index (χ1) is 25.2. The Kier molecular flexibility index (Phi) is 11.1. The van der Waals surface area contributed by atoms with Gasteiger partial charge in [-0.25, -0.2) is 24.0 Å². The zero-order valence-corrected chi connectivity index (χ0v) is 30.3. The van der Waals surface area contributed by atoms with E-state index in [0.29, 0.717) is 53.7 Å². The van der Waals surface area contributed by atoms with E-state index in [2.05, 4.69) is 24.5 Å². The summed E-state index contributed by atoms with van der Waals surface area (Å²) in [4.78, 5) is 76.1. The highest BCUT2D eigenvalue weighted by Crippen LogP contribution is 2.41. The first kappa shape index (κ1) is 37.7. The van der Waals surface area contributed by atoms with Gasteiger partial charge in [0.1, 0.15) is 30.3 Å². The van der Waals surface area contributed by atoms with E-state index in [1.54, 1.807) is 36.4 Å². The largest absolute Gasteiger partial charge is 0.524 e. The predicted molar refractivity (Wildman–Crippen MR) is 188 cm³/mol. The van der Waals surface area contributed by atoms with E-state index in [1.165, 1.54) is 21.6 Å². The lowest BCUT2D eigenvalue weighted by molar-refractivity contribution is -0.132. The second kappa shape index (κ2) is 15.5. The van der Waals surface area contributed by atoms with Crippen LogP contribution in [0.1, 0.15) is 5.56 Å². The number of amides is 1. The van der Waals surface area contributed by atoms with Crippen LogP contribution in [0, 0.1) is 0 Å². The molecule has 0 atom stereocenters. The summed E-state index contributed by atoms with van der Waals surface area (Å²) in [6, 6.07) is 11.8. The molecule has 0 aliphatic carbocycles. The minimum absolute atomic E-state index is 0.0945. The van der Waals surface area contributed by atoms with Crippen LogP contribution in [-0.2, 0) is 43.3 Å². The molecular weight excluding hydrogens is 760 g/mol. The van der Waals surface area contributed by atoms with Gasteiger partial charge in [0.15, 0.2) is 18.2 Å². The van der Waals surface area contributed by atoms with Crippen LogP contribution < -0.4 is 19.5 Å². The molecule has 3 aromatic heterocycles. The first-order valence-corrected chi connectivity index (χ1v) is 19.2. The van der Waals surface area contributed by atoms with Crippen molar-refractivity contribution >= 4 is 61.1 Å². The second-order valence-electron chi connectivity index (χ2n) is 11.5. The van der Waals surface area contributed by atoms with Crippen LogP contribution in [0.4, 0.5) is 10.5 Å². The number of hydrogen-bond acceptors (Lipinski definition) is 12. The second-order valence-corrected chi connectivity index (χ2v) is 14.7. The van der Waals surface area contributed by atoms with E-state index in [4.69, 9.17) is 25.8 Å². The fourth-order valence-corrected chi connectivity index (χ4v) is 6.80. The Bertz CT molecular complexity index is 2250. The predicted octanol–water partition coefficient (Wildman–Crippen LogP) is 2.89. The van der Waals surface area contributed by atoms with Gasteiger partial charge < -0.3 is 38.3 Å². The van der Waals surface area contributed by atoms with Gasteiger partial charge in [-0.15, -0.1) is 0 Å². The van der Waals surface area contributed by atoms with Gasteiger partial charge in [-0.1, -0.05) is 11.6 Å². The van der Waals surface area contributed by atoms with Gasteiger partial charge in [-0.2, -0.15) is 5.10 Å². The maximum Gasteiger partial charge on any atom is 0.524 e. The molecule has 1 saturated heterocycles. The number of anilines is 1. The van der Waals surface area contributed by atoms with Crippen molar-refractivity contribution in [1.82, 2.24) is 29.2 Å². The normalized spacial score (nSPS) is 13.6. The summed E-state index contributed by atoms with van der Waals surface area (Å²) in [7, 11) is -8.28. The minimum atomic E-state index is -5.06. The summed E-state index contributed by atoms with van der Waals surface area (Å²) in [5.74, 6) is 0.229.